The number of aromatic nitrogens is 2. The van der Waals surface area contributed by atoms with E-state index >= 15 is 0 Å². The first-order valence-electron chi connectivity index (χ1n) is 4.05. The van der Waals surface area contributed by atoms with Crippen molar-refractivity contribution >= 4 is 0 Å². The van der Waals surface area contributed by atoms with Crippen molar-refractivity contribution in [3.8, 4) is 0 Å². The quantitative estimate of drug-likeness (QED) is 0.353. The fraction of sp³-hybridized carbons (Fsp3) is 0.300. The minimum absolute atomic E-state index is 0. The van der Waals surface area contributed by atoms with E-state index in [0.717, 1.165) is 13.0 Å². The van der Waals surface area contributed by atoms with Crippen LogP contribution in [-0.4, -0.2) is 4.57 Å². The van der Waals surface area contributed by atoms with Gasteiger partial charge in [0.1, 0.15) is 18.9 Å². The zero-order valence-corrected chi connectivity index (χ0v) is 10.1. The van der Waals surface area contributed by atoms with E-state index in [2.05, 4.69) is 28.5 Å². The molecule has 0 radical (unpaired) electrons. The normalized spacial score (nSPS) is 9.00. The molecule has 0 N–H and O–H groups in total. The van der Waals surface area contributed by atoms with Gasteiger partial charge in [0.25, 0.3) is 5.82 Å². The van der Waals surface area contributed by atoms with Crippen molar-refractivity contribution in [1.29, 1.82) is 0 Å². The van der Waals surface area contributed by atoms with E-state index in [1.54, 1.807) is 0 Å². The van der Waals surface area contributed by atoms with Gasteiger partial charge in [-0.05, 0) is 0 Å². The van der Waals surface area contributed by atoms with Crippen molar-refractivity contribution in [3.63, 3.8) is 0 Å². The van der Waals surface area contributed by atoms with Gasteiger partial charge in [0, 0.05) is 0 Å². The third kappa shape index (κ3) is 2.99. The van der Waals surface area contributed by atoms with Gasteiger partial charge in [-0.3, -0.25) is 0 Å². The van der Waals surface area contributed by atoms with Crippen LogP contribution in [0.5, 0.6) is 0 Å². The molecule has 1 aromatic rings. The molecule has 13 heavy (non-hydrogen) atoms. The zero-order valence-electron chi connectivity index (χ0n) is 7.91. The Morgan fingerprint density at radius 3 is 2.69 bits per heavy atom. The maximum atomic E-state index is 3.73. The lowest BCUT2D eigenvalue weighted by Crippen LogP contribution is -3.00. The fourth-order valence-electron chi connectivity index (χ4n) is 1.25. The molecule has 0 bridgehead atoms. The predicted octanol–water partition coefficient (Wildman–Crippen LogP) is -1.77. The largest absolute Gasteiger partial charge is 1.00 e. The number of hydrogen-bond acceptors (Lipinski definition) is 0. The molecule has 2 nitrogen and oxygen atoms in total. The lowest BCUT2D eigenvalue weighted by Gasteiger charge is -1.95. The Hall–Kier alpha value is -0.580. The molecule has 0 aliphatic heterocycles. The second-order valence-corrected chi connectivity index (χ2v) is 2.76. The van der Waals surface area contributed by atoms with E-state index in [0.29, 0.717) is 0 Å². The van der Waals surface area contributed by atoms with E-state index in [9.17, 15) is 0 Å². The molecular formula is C10H15IN2. The van der Waals surface area contributed by atoms with Crippen molar-refractivity contribution in [3.05, 3.63) is 43.5 Å². The summed E-state index contributed by atoms with van der Waals surface area (Å²) in [7, 11) is 2.04. The van der Waals surface area contributed by atoms with Gasteiger partial charge in [0.15, 0.2) is 0 Å². The molecule has 0 spiro atoms. The van der Waals surface area contributed by atoms with Crippen LogP contribution in [0.15, 0.2) is 37.7 Å². The van der Waals surface area contributed by atoms with Gasteiger partial charge in [-0.25, -0.2) is 9.13 Å². The van der Waals surface area contributed by atoms with E-state index < -0.39 is 0 Å². The fourth-order valence-corrected chi connectivity index (χ4v) is 1.25. The summed E-state index contributed by atoms with van der Waals surface area (Å²) in [5, 5.41) is 0. The van der Waals surface area contributed by atoms with E-state index in [-0.39, 0.29) is 24.0 Å². The van der Waals surface area contributed by atoms with Crippen LogP contribution >= 0.6 is 0 Å². The minimum atomic E-state index is 0. The molecule has 0 aromatic carbocycles. The van der Waals surface area contributed by atoms with Gasteiger partial charge >= 0.3 is 0 Å². The van der Waals surface area contributed by atoms with Crippen LogP contribution in [-0.2, 0) is 20.0 Å². The molecule has 3 heteroatoms. The van der Waals surface area contributed by atoms with Crippen LogP contribution in [0.1, 0.15) is 5.82 Å². The van der Waals surface area contributed by atoms with E-state index in [4.69, 9.17) is 0 Å². The van der Waals surface area contributed by atoms with Crippen molar-refractivity contribution in [2.45, 2.75) is 13.0 Å². The summed E-state index contributed by atoms with van der Waals surface area (Å²) >= 11 is 0. The maximum Gasteiger partial charge on any atom is 0.260 e. The monoisotopic (exact) mass is 290 g/mol. The molecule has 1 heterocycles. The molecule has 0 fully saturated rings. The molecule has 1 rings (SSSR count). The highest BCUT2D eigenvalue weighted by Gasteiger charge is 2.10. The summed E-state index contributed by atoms with van der Waals surface area (Å²) in [5.41, 5.74) is 0. The molecule has 0 amide bonds. The standard InChI is InChI=1S/C10H15N2.HI/c1-4-6-10-11(3)8-9-12(10)7-5-2;/h4-5,8-9H,1-2,6-7H2,3H3;1H/q+1;/p-1. The summed E-state index contributed by atoms with van der Waals surface area (Å²) < 4.78 is 4.26. The van der Waals surface area contributed by atoms with Gasteiger partial charge in [0.05, 0.1) is 13.5 Å². The predicted molar refractivity (Wildman–Crippen MR) is 49.7 cm³/mol. The van der Waals surface area contributed by atoms with Crippen LogP contribution in [0.25, 0.3) is 0 Å². The SMILES string of the molecule is C=CCc1n(CC=C)cc[n+]1C.[I-]. The number of allylic oxidation sites excluding steroid dienone is 2. The van der Waals surface area contributed by atoms with Gasteiger partial charge in [-0.2, -0.15) is 0 Å². The molecule has 1 aromatic heterocycles. The number of nitrogens with zero attached hydrogens (tertiary/aromatic N) is 2. The molecule has 0 aliphatic rings. The summed E-state index contributed by atoms with van der Waals surface area (Å²) in [6, 6.07) is 0. The topological polar surface area (TPSA) is 8.81 Å². The Kier molecular flexibility index (Phi) is 5.70. The van der Waals surface area contributed by atoms with E-state index in [1.807, 2.05) is 25.4 Å². The Labute approximate surface area is 96.6 Å². The smallest absolute Gasteiger partial charge is 0.260 e. The van der Waals surface area contributed by atoms with Crippen molar-refractivity contribution < 1.29 is 28.5 Å². The average Bonchev–Trinajstić information content (AvgIpc) is 2.37. The van der Waals surface area contributed by atoms with E-state index in [1.165, 1.54) is 5.82 Å². The molecule has 72 valence electrons. The first-order valence-corrected chi connectivity index (χ1v) is 4.05. The summed E-state index contributed by atoms with van der Waals surface area (Å²) in [6.07, 6.45) is 8.81. The van der Waals surface area contributed by atoms with Crippen LogP contribution in [0.2, 0.25) is 0 Å². The summed E-state index contributed by atoms with van der Waals surface area (Å²) in [4.78, 5) is 0. The van der Waals surface area contributed by atoms with Gasteiger partial charge < -0.3 is 24.0 Å². The van der Waals surface area contributed by atoms with Crippen LogP contribution in [0.4, 0.5) is 0 Å². The molecule has 0 saturated carbocycles. The second kappa shape index (κ2) is 5.96. The minimum Gasteiger partial charge on any atom is -1.00 e. The van der Waals surface area contributed by atoms with Gasteiger partial charge in [0.2, 0.25) is 0 Å². The molecule has 0 atom stereocenters. The lowest BCUT2D eigenvalue weighted by molar-refractivity contribution is -0.678. The first kappa shape index (κ1) is 12.4. The third-order valence-electron chi connectivity index (χ3n) is 1.86. The third-order valence-corrected chi connectivity index (χ3v) is 1.86. The van der Waals surface area contributed by atoms with Gasteiger partial charge in [-0.1, -0.05) is 18.7 Å². The van der Waals surface area contributed by atoms with Crippen LogP contribution < -0.4 is 28.5 Å². The van der Waals surface area contributed by atoms with Crippen LogP contribution in [0.3, 0.4) is 0 Å². The number of hydrogen-bond donors (Lipinski definition) is 0. The van der Waals surface area contributed by atoms with Crippen LogP contribution in [0, 0.1) is 0 Å². The molecular weight excluding hydrogens is 275 g/mol. The molecule has 0 saturated heterocycles. The average molecular weight is 290 g/mol. The zero-order chi connectivity index (χ0) is 8.97. The van der Waals surface area contributed by atoms with Gasteiger partial charge in [-0.15, -0.1) is 6.58 Å². The highest BCUT2D eigenvalue weighted by atomic mass is 127. The Bertz CT molecular complexity index is 289. The summed E-state index contributed by atoms with van der Waals surface area (Å²) in [5.74, 6) is 1.25. The molecule has 0 unspecified atom stereocenters. The highest BCUT2D eigenvalue weighted by Crippen LogP contribution is 1.96. The number of rotatable bonds is 4. The number of imidazole rings is 1. The number of halogens is 1. The Balaban J connectivity index is 0.00000144. The maximum absolute atomic E-state index is 3.73. The Morgan fingerprint density at radius 1 is 1.46 bits per heavy atom. The highest BCUT2D eigenvalue weighted by molar-refractivity contribution is 4.92. The number of aryl methyl sites for hydroxylation is 1. The summed E-state index contributed by atoms with van der Waals surface area (Å²) in [6.45, 7) is 8.30. The first-order chi connectivity index (χ1) is 5.79. The van der Waals surface area contributed by atoms with Crippen molar-refractivity contribution in [2.24, 2.45) is 7.05 Å². The second-order valence-electron chi connectivity index (χ2n) is 2.76. The Morgan fingerprint density at radius 2 is 2.15 bits per heavy atom. The lowest BCUT2D eigenvalue weighted by atomic mass is 10.4. The molecule has 0 aliphatic carbocycles. The van der Waals surface area contributed by atoms with Crippen molar-refractivity contribution in [2.75, 3.05) is 0 Å². The van der Waals surface area contributed by atoms with Crippen molar-refractivity contribution in [1.82, 2.24) is 4.57 Å².